The van der Waals surface area contributed by atoms with E-state index in [9.17, 15) is 18.0 Å². The predicted molar refractivity (Wildman–Crippen MR) is 124 cm³/mol. The van der Waals surface area contributed by atoms with Gasteiger partial charge in [-0.25, -0.2) is 8.42 Å². The third kappa shape index (κ3) is 6.74. The largest absolute Gasteiger partial charge is 0.357 e. The molecule has 0 unspecified atom stereocenters. The Morgan fingerprint density at radius 3 is 2.16 bits per heavy atom. The molecular weight excluding hydrogens is 485 g/mol. The Labute approximate surface area is 196 Å². The minimum atomic E-state index is -3.87. The van der Waals surface area contributed by atoms with Gasteiger partial charge in [-0.15, -0.1) is 0 Å². The van der Waals surface area contributed by atoms with Crippen LogP contribution in [0.25, 0.3) is 0 Å². The summed E-state index contributed by atoms with van der Waals surface area (Å²) in [4.78, 5) is 26.8. The monoisotopic (exact) mass is 505 g/mol. The highest BCUT2D eigenvalue weighted by atomic mass is 35.5. The van der Waals surface area contributed by atoms with Crippen LogP contribution in [0.1, 0.15) is 12.5 Å². The van der Waals surface area contributed by atoms with Gasteiger partial charge >= 0.3 is 0 Å². The number of sulfonamides is 1. The highest BCUT2D eigenvalue weighted by Crippen LogP contribution is 2.27. The maximum Gasteiger partial charge on any atom is 0.244 e. The van der Waals surface area contributed by atoms with Gasteiger partial charge in [0.2, 0.25) is 21.8 Å². The fourth-order valence-corrected chi connectivity index (χ4v) is 4.44. The maximum atomic E-state index is 13.3. The van der Waals surface area contributed by atoms with Crippen molar-refractivity contribution in [1.29, 1.82) is 0 Å². The SMILES string of the molecule is CNC(=O)[C@H](C)N(Cc1ccccc1Cl)C(=O)CN(c1cc(Cl)cc(Cl)c1)S(C)(=O)=O. The minimum Gasteiger partial charge on any atom is -0.357 e. The molecule has 31 heavy (non-hydrogen) atoms. The van der Waals surface area contributed by atoms with E-state index in [0.717, 1.165) is 10.6 Å². The van der Waals surface area contributed by atoms with Crippen molar-refractivity contribution in [2.75, 3.05) is 24.2 Å². The van der Waals surface area contributed by atoms with E-state index in [4.69, 9.17) is 34.8 Å². The molecule has 0 heterocycles. The van der Waals surface area contributed by atoms with Crippen LogP contribution in [0, 0.1) is 0 Å². The number of nitrogens with one attached hydrogen (secondary N) is 1. The molecule has 2 amide bonds. The van der Waals surface area contributed by atoms with E-state index in [-0.39, 0.29) is 22.3 Å². The zero-order valence-corrected chi connectivity index (χ0v) is 20.2. The van der Waals surface area contributed by atoms with E-state index < -0.39 is 34.4 Å². The summed E-state index contributed by atoms with van der Waals surface area (Å²) < 4.78 is 25.8. The molecule has 0 saturated heterocycles. The van der Waals surface area contributed by atoms with Gasteiger partial charge in [0, 0.05) is 28.7 Å². The van der Waals surface area contributed by atoms with Crippen LogP contribution in [0.5, 0.6) is 0 Å². The number of carbonyl (C=O) groups is 2. The zero-order valence-electron chi connectivity index (χ0n) is 17.1. The highest BCUT2D eigenvalue weighted by Gasteiger charge is 2.30. The highest BCUT2D eigenvalue weighted by molar-refractivity contribution is 7.92. The first kappa shape index (κ1) is 25.3. The number of halogens is 3. The van der Waals surface area contributed by atoms with Gasteiger partial charge in [-0.05, 0) is 36.8 Å². The number of anilines is 1. The van der Waals surface area contributed by atoms with Crippen LogP contribution in [-0.2, 0) is 26.2 Å². The molecule has 0 aliphatic heterocycles. The van der Waals surface area contributed by atoms with Gasteiger partial charge in [-0.2, -0.15) is 0 Å². The lowest BCUT2D eigenvalue weighted by Gasteiger charge is -2.31. The van der Waals surface area contributed by atoms with Gasteiger partial charge in [0.1, 0.15) is 12.6 Å². The van der Waals surface area contributed by atoms with Gasteiger partial charge in [-0.1, -0.05) is 53.0 Å². The van der Waals surface area contributed by atoms with Crippen LogP contribution in [0.2, 0.25) is 15.1 Å². The van der Waals surface area contributed by atoms with Gasteiger partial charge in [-0.3, -0.25) is 13.9 Å². The number of nitrogens with zero attached hydrogens (tertiary/aromatic N) is 2. The molecule has 0 aliphatic carbocycles. The fraction of sp³-hybridized carbons (Fsp3) is 0.300. The fourth-order valence-electron chi connectivity index (χ4n) is 2.90. The Bertz CT molecular complexity index is 1060. The molecule has 1 atom stereocenters. The number of amides is 2. The summed E-state index contributed by atoms with van der Waals surface area (Å²) in [5, 5.41) is 3.36. The average molecular weight is 507 g/mol. The first-order chi connectivity index (χ1) is 14.4. The topological polar surface area (TPSA) is 86.8 Å². The van der Waals surface area contributed by atoms with Gasteiger partial charge in [0.15, 0.2) is 0 Å². The lowest BCUT2D eigenvalue weighted by molar-refractivity contribution is -0.139. The van der Waals surface area contributed by atoms with E-state index in [1.807, 2.05) is 0 Å². The number of likely N-dealkylation sites (N-methyl/N-ethyl adjacent to an activating group) is 1. The summed E-state index contributed by atoms with van der Waals surface area (Å²) in [5.74, 6) is -1.00. The minimum absolute atomic E-state index is 0.0149. The standard InChI is InChI=1S/C20H22Cl3N3O4S/c1-13(20(28)24-2)25(11-14-6-4-5-7-18(14)23)19(27)12-26(31(3,29)30)17-9-15(21)8-16(22)10-17/h4-10,13H,11-12H2,1-3H3,(H,24,28)/t13-/m0/s1. The smallest absolute Gasteiger partial charge is 0.244 e. The number of hydrogen-bond acceptors (Lipinski definition) is 4. The van der Waals surface area contributed by atoms with Crippen LogP contribution < -0.4 is 9.62 Å². The first-order valence-electron chi connectivity index (χ1n) is 9.12. The molecular formula is C20H22Cl3N3O4S. The van der Waals surface area contributed by atoms with E-state index in [1.54, 1.807) is 31.2 Å². The summed E-state index contributed by atoms with van der Waals surface area (Å²) in [6.45, 7) is 1.01. The molecule has 0 fully saturated rings. The summed E-state index contributed by atoms with van der Waals surface area (Å²) >= 11 is 18.2. The molecule has 1 N–H and O–H groups in total. The first-order valence-corrected chi connectivity index (χ1v) is 12.1. The Balaban J connectivity index is 2.43. The van der Waals surface area contributed by atoms with Crippen LogP contribution in [0.3, 0.4) is 0 Å². The van der Waals surface area contributed by atoms with Crippen molar-refractivity contribution >= 4 is 62.3 Å². The molecule has 11 heteroatoms. The number of benzene rings is 2. The number of hydrogen-bond donors (Lipinski definition) is 1. The Morgan fingerprint density at radius 1 is 1.06 bits per heavy atom. The van der Waals surface area contributed by atoms with Crippen molar-refractivity contribution in [2.45, 2.75) is 19.5 Å². The van der Waals surface area contributed by atoms with Crippen LogP contribution >= 0.6 is 34.8 Å². The van der Waals surface area contributed by atoms with Crippen LogP contribution in [0.15, 0.2) is 42.5 Å². The lowest BCUT2D eigenvalue weighted by atomic mass is 10.1. The lowest BCUT2D eigenvalue weighted by Crippen LogP contribution is -2.50. The van der Waals surface area contributed by atoms with Crippen LogP contribution in [-0.4, -0.2) is 51.0 Å². The van der Waals surface area contributed by atoms with Crippen LogP contribution in [0.4, 0.5) is 5.69 Å². The maximum absolute atomic E-state index is 13.3. The molecule has 0 saturated carbocycles. The quantitative estimate of drug-likeness (QED) is 0.593. The second-order valence-electron chi connectivity index (χ2n) is 6.80. The third-order valence-corrected chi connectivity index (χ3v) is 6.47. The van der Waals surface area contributed by atoms with Gasteiger partial charge in [0.25, 0.3) is 0 Å². The Kier molecular flexibility index (Phi) is 8.59. The predicted octanol–water partition coefficient (Wildman–Crippen LogP) is 3.58. The molecule has 0 spiro atoms. The zero-order chi connectivity index (χ0) is 23.3. The molecule has 2 rings (SSSR count). The number of rotatable bonds is 8. The van der Waals surface area contributed by atoms with Crippen molar-refractivity contribution in [2.24, 2.45) is 0 Å². The van der Waals surface area contributed by atoms with E-state index in [0.29, 0.717) is 10.6 Å². The van der Waals surface area contributed by atoms with E-state index in [1.165, 1.54) is 30.1 Å². The van der Waals surface area contributed by atoms with Gasteiger partial charge in [0.05, 0.1) is 11.9 Å². The van der Waals surface area contributed by atoms with Crippen molar-refractivity contribution in [3.8, 4) is 0 Å². The average Bonchev–Trinajstić information content (AvgIpc) is 2.68. The summed E-state index contributed by atoms with van der Waals surface area (Å²) in [5.41, 5.74) is 0.753. The molecule has 7 nitrogen and oxygen atoms in total. The van der Waals surface area contributed by atoms with E-state index >= 15 is 0 Å². The molecule has 2 aromatic rings. The number of carbonyl (C=O) groups excluding carboxylic acids is 2. The molecule has 168 valence electrons. The van der Waals surface area contributed by atoms with Crippen molar-refractivity contribution in [3.05, 3.63) is 63.1 Å². The van der Waals surface area contributed by atoms with Crippen molar-refractivity contribution in [1.82, 2.24) is 10.2 Å². The summed E-state index contributed by atoms with van der Waals surface area (Å²) in [6.07, 6.45) is 0.968. The molecule has 0 aromatic heterocycles. The molecule has 0 aliphatic rings. The van der Waals surface area contributed by atoms with Crippen molar-refractivity contribution in [3.63, 3.8) is 0 Å². The van der Waals surface area contributed by atoms with Crippen molar-refractivity contribution < 1.29 is 18.0 Å². The third-order valence-electron chi connectivity index (χ3n) is 4.53. The molecule has 0 bridgehead atoms. The van der Waals surface area contributed by atoms with Gasteiger partial charge < -0.3 is 10.2 Å². The second-order valence-corrected chi connectivity index (χ2v) is 9.99. The molecule has 0 radical (unpaired) electrons. The summed E-state index contributed by atoms with van der Waals surface area (Å²) in [6, 6.07) is 10.3. The second kappa shape index (κ2) is 10.5. The normalized spacial score (nSPS) is 12.2. The van der Waals surface area contributed by atoms with E-state index in [2.05, 4.69) is 5.32 Å². The Morgan fingerprint density at radius 2 is 1.65 bits per heavy atom. The molecule has 2 aromatic carbocycles. The Hall–Kier alpha value is -2.00. The summed E-state index contributed by atoms with van der Waals surface area (Å²) in [7, 11) is -2.42.